The van der Waals surface area contributed by atoms with E-state index in [0.717, 1.165) is 8.95 Å². The number of hydrogen-bond donors (Lipinski definition) is 2. The van der Waals surface area contributed by atoms with Crippen LogP contribution in [0.3, 0.4) is 0 Å². The lowest BCUT2D eigenvalue weighted by Gasteiger charge is -2.17. The van der Waals surface area contributed by atoms with E-state index in [-0.39, 0.29) is 6.42 Å². The molecule has 0 saturated carbocycles. The fourth-order valence-corrected chi connectivity index (χ4v) is 3.84. The minimum Gasteiger partial charge on any atom is -0.368 e. The van der Waals surface area contributed by atoms with E-state index in [1.54, 1.807) is 36.4 Å². The molecule has 2 aromatic rings. The molecule has 0 aliphatic carbocycles. The van der Waals surface area contributed by atoms with Crippen molar-refractivity contribution < 1.29 is 9.59 Å². The van der Waals surface area contributed by atoms with E-state index in [1.165, 1.54) is 0 Å². The minimum absolute atomic E-state index is 0.173. The van der Waals surface area contributed by atoms with Crippen LogP contribution in [0.5, 0.6) is 0 Å². The summed E-state index contributed by atoms with van der Waals surface area (Å²) >= 11 is 18.6. The third-order valence-electron chi connectivity index (χ3n) is 3.21. The third-order valence-corrected chi connectivity index (χ3v) is 4.72. The van der Waals surface area contributed by atoms with Crippen molar-refractivity contribution in [1.82, 2.24) is 5.32 Å². The Morgan fingerprint density at radius 3 is 2.25 bits per heavy atom. The summed E-state index contributed by atoms with van der Waals surface area (Å²) in [5, 5.41) is 3.53. The van der Waals surface area contributed by atoms with Gasteiger partial charge in [0.25, 0.3) is 5.91 Å². The Morgan fingerprint density at radius 2 is 1.71 bits per heavy atom. The van der Waals surface area contributed by atoms with Crippen LogP contribution in [0, 0.1) is 0 Å². The monoisotopic (exact) mass is 492 g/mol. The van der Waals surface area contributed by atoms with E-state index in [2.05, 4.69) is 37.2 Å². The Morgan fingerprint density at radius 1 is 1.08 bits per heavy atom. The molecule has 2 aromatic carbocycles. The first-order valence-corrected chi connectivity index (χ1v) is 9.10. The van der Waals surface area contributed by atoms with Gasteiger partial charge in [-0.15, -0.1) is 0 Å². The summed E-state index contributed by atoms with van der Waals surface area (Å²) in [6, 6.07) is 9.13. The summed E-state index contributed by atoms with van der Waals surface area (Å²) in [4.78, 5) is 24.1. The molecule has 2 amide bonds. The second kappa shape index (κ2) is 8.34. The van der Waals surface area contributed by atoms with E-state index in [4.69, 9.17) is 28.9 Å². The molecule has 4 nitrogen and oxygen atoms in total. The zero-order chi connectivity index (χ0) is 17.9. The maximum absolute atomic E-state index is 12.4. The van der Waals surface area contributed by atoms with Crippen molar-refractivity contribution in [3.05, 3.63) is 66.5 Å². The van der Waals surface area contributed by atoms with Gasteiger partial charge < -0.3 is 11.1 Å². The van der Waals surface area contributed by atoms with Crippen LogP contribution in [0.25, 0.3) is 0 Å². The van der Waals surface area contributed by atoms with Crippen molar-refractivity contribution in [2.45, 2.75) is 12.5 Å². The molecule has 3 N–H and O–H groups in total. The third kappa shape index (κ3) is 5.21. The van der Waals surface area contributed by atoms with Gasteiger partial charge in [0.1, 0.15) is 6.04 Å². The van der Waals surface area contributed by atoms with Crippen molar-refractivity contribution in [2.75, 3.05) is 0 Å². The maximum atomic E-state index is 12.4. The summed E-state index contributed by atoms with van der Waals surface area (Å²) in [5.41, 5.74) is 6.47. The lowest BCUT2D eigenvalue weighted by Crippen LogP contribution is -2.45. The molecule has 8 heteroatoms. The number of amides is 2. The second-order valence-electron chi connectivity index (χ2n) is 5.03. The van der Waals surface area contributed by atoms with Gasteiger partial charge in [0.15, 0.2) is 0 Å². The molecule has 2 rings (SSSR count). The van der Waals surface area contributed by atoms with Crippen molar-refractivity contribution in [1.29, 1.82) is 0 Å². The number of benzene rings is 2. The first-order valence-electron chi connectivity index (χ1n) is 6.76. The Kier molecular flexibility index (Phi) is 6.69. The molecule has 0 saturated heterocycles. The Labute approximate surface area is 166 Å². The number of hydrogen-bond acceptors (Lipinski definition) is 2. The van der Waals surface area contributed by atoms with Crippen molar-refractivity contribution >= 4 is 66.9 Å². The van der Waals surface area contributed by atoms with E-state index in [0.29, 0.717) is 21.2 Å². The normalized spacial score (nSPS) is 11.8. The van der Waals surface area contributed by atoms with Crippen molar-refractivity contribution in [2.24, 2.45) is 5.73 Å². The van der Waals surface area contributed by atoms with Gasteiger partial charge in [-0.05, 0) is 35.9 Å². The molecule has 126 valence electrons. The van der Waals surface area contributed by atoms with Crippen LogP contribution in [-0.4, -0.2) is 17.9 Å². The number of halogens is 4. The molecule has 24 heavy (non-hydrogen) atoms. The molecule has 0 bridgehead atoms. The summed E-state index contributed by atoms with van der Waals surface area (Å²) in [6.07, 6.45) is 0.173. The maximum Gasteiger partial charge on any atom is 0.252 e. The summed E-state index contributed by atoms with van der Waals surface area (Å²) in [7, 11) is 0. The Balaban J connectivity index is 2.19. The highest BCUT2D eigenvalue weighted by atomic mass is 79.9. The SMILES string of the molecule is NC(=O)[C@@H](Cc1ccc(Cl)cc1Cl)NC(=O)c1cc(Br)cc(Br)c1. The number of nitrogens with one attached hydrogen (secondary N) is 1. The minimum atomic E-state index is -0.895. The fraction of sp³-hybridized carbons (Fsp3) is 0.125. The first-order chi connectivity index (χ1) is 11.3. The molecule has 0 aliphatic rings. The van der Waals surface area contributed by atoms with E-state index in [1.807, 2.05) is 0 Å². The average molecular weight is 495 g/mol. The predicted octanol–water partition coefficient (Wildman–Crippen LogP) is 4.34. The zero-order valence-electron chi connectivity index (χ0n) is 12.2. The molecule has 0 unspecified atom stereocenters. The van der Waals surface area contributed by atoms with Crippen LogP contribution in [0.4, 0.5) is 0 Å². The smallest absolute Gasteiger partial charge is 0.252 e. The summed E-state index contributed by atoms with van der Waals surface area (Å²) < 4.78 is 1.47. The quantitative estimate of drug-likeness (QED) is 0.649. The molecule has 0 aromatic heterocycles. The fourth-order valence-electron chi connectivity index (χ4n) is 2.06. The van der Waals surface area contributed by atoms with Crippen LogP contribution < -0.4 is 11.1 Å². The molecule has 0 heterocycles. The standard InChI is InChI=1S/C16H12Br2Cl2N2O2/c17-10-3-9(4-11(18)6-10)16(24)22-14(15(21)23)5-8-1-2-12(19)7-13(8)20/h1-4,6-7,14H,5H2,(H2,21,23)(H,22,24)/t14-/m1/s1. The largest absolute Gasteiger partial charge is 0.368 e. The zero-order valence-corrected chi connectivity index (χ0v) is 16.8. The number of primary amides is 1. The predicted molar refractivity (Wildman–Crippen MR) is 102 cm³/mol. The van der Waals surface area contributed by atoms with Gasteiger partial charge in [-0.25, -0.2) is 0 Å². The van der Waals surface area contributed by atoms with E-state index in [9.17, 15) is 9.59 Å². The highest BCUT2D eigenvalue weighted by Crippen LogP contribution is 2.23. The van der Waals surface area contributed by atoms with Gasteiger partial charge in [-0.1, -0.05) is 61.1 Å². The Bertz CT molecular complexity index is 779. The average Bonchev–Trinajstić information content (AvgIpc) is 2.47. The number of rotatable bonds is 5. The summed E-state index contributed by atoms with van der Waals surface area (Å²) in [5.74, 6) is -1.06. The number of carbonyl (C=O) groups excluding carboxylic acids is 2. The number of nitrogens with two attached hydrogens (primary N) is 1. The lowest BCUT2D eigenvalue weighted by molar-refractivity contribution is -0.119. The second-order valence-corrected chi connectivity index (χ2v) is 7.70. The highest BCUT2D eigenvalue weighted by Gasteiger charge is 2.21. The molecule has 0 aliphatic heterocycles. The van der Waals surface area contributed by atoms with Gasteiger partial charge in [0, 0.05) is 31.0 Å². The van der Waals surface area contributed by atoms with Crippen LogP contribution in [-0.2, 0) is 11.2 Å². The van der Waals surface area contributed by atoms with Crippen molar-refractivity contribution in [3.8, 4) is 0 Å². The molecular formula is C16H12Br2Cl2N2O2. The highest BCUT2D eigenvalue weighted by molar-refractivity contribution is 9.11. The van der Waals surface area contributed by atoms with Gasteiger partial charge in [0.05, 0.1) is 0 Å². The molecule has 0 radical (unpaired) electrons. The topological polar surface area (TPSA) is 72.2 Å². The van der Waals surface area contributed by atoms with E-state index < -0.39 is 17.9 Å². The first kappa shape index (κ1) is 19.2. The van der Waals surface area contributed by atoms with E-state index >= 15 is 0 Å². The molecule has 0 fully saturated rings. The summed E-state index contributed by atoms with van der Waals surface area (Å²) in [6.45, 7) is 0. The van der Waals surface area contributed by atoms with Gasteiger partial charge in [-0.2, -0.15) is 0 Å². The molecular weight excluding hydrogens is 483 g/mol. The van der Waals surface area contributed by atoms with Crippen molar-refractivity contribution in [3.63, 3.8) is 0 Å². The van der Waals surface area contributed by atoms with Crippen LogP contribution >= 0.6 is 55.1 Å². The Hall–Kier alpha value is -1.08. The van der Waals surface area contributed by atoms with Crippen LogP contribution in [0.15, 0.2) is 45.3 Å². The van der Waals surface area contributed by atoms with Gasteiger partial charge in [-0.3, -0.25) is 9.59 Å². The lowest BCUT2D eigenvalue weighted by atomic mass is 10.0. The van der Waals surface area contributed by atoms with Gasteiger partial charge in [0.2, 0.25) is 5.91 Å². The molecule has 0 spiro atoms. The van der Waals surface area contributed by atoms with Gasteiger partial charge >= 0.3 is 0 Å². The van der Waals surface area contributed by atoms with Crippen LogP contribution in [0.1, 0.15) is 15.9 Å². The molecule has 1 atom stereocenters. The number of carbonyl (C=O) groups is 2. The van der Waals surface area contributed by atoms with Crippen LogP contribution in [0.2, 0.25) is 10.0 Å².